The van der Waals surface area contributed by atoms with Gasteiger partial charge in [-0.25, -0.2) is 4.98 Å². The summed E-state index contributed by atoms with van der Waals surface area (Å²) in [5.74, 6) is 2.96. The number of nitrogens with zero attached hydrogens (tertiary/aromatic N) is 3. The third-order valence-corrected chi connectivity index (χ3v) is 4.68. The predicted molar refractivity (Wildman–Crippen MR) is 103 cm³/mol. The van der Waals surface area contributed by atoms with Crippen LogP contribution >= 0.6 is 0 Å². The first-order chi connectivity index (χ1) is 12.5. The molecule has 1 aromatic heterocycles. The normalized spacial score (nSPS) is 18.9. The molecule has 2 aromatic rings. The topological polar surface area (TPSA) is 99.5 Å². The molecule has 140 valence electrons. The Balaban J connectivity index is 1.77. The van der Waals surface area contributed by atoms with Gasteiger partial charge in [0.05, 0.1) is 19.4 Å². The Morgan fingerprint density at radius 3 is 2.62 bits per heavy atom. The van der Waals surface area contributed by atoms with E-state index in [4.69, 9.17) is 20.9 Å². The maximum absolute atomic E-state index is 5.93. The fourth-order valence-corrected chi connectivity index (χ4v) is 3.22. The first-order valence-corrected chi connectivity index (χ1v) is 8.91. The summed E-state index contributed by atoms with van der Waals surface area (Å²) in [5, 5.41) is 0. The first-order valence-electron chi connectivity index (χ1n) is 8.91. The Labute approximate surface area is 154 Å². The van der Waals surface area contributed by atoms with Crippen LogP contribution in [0.5, 0.6) is 11.5 Å². The van der Waals surface area contributed by atoms with Crippen molar-refractivity contribution in [2.75, 3.05) is 31.4 Å². The molecule has 0 saturated heterocycles. The zero-order valence-electron chi connectivity index (χ0n) is 15.6. The Morgan fingerprint density at radius 1 is 1.19 bits per heavy atom. The standard InChI is InChI=1S/C19H27N5O2/c1-4-26-17-7-12(5-6-16(17)25-3)11-24(2)18-10-15(22-19(21)23-18)13-8-14(20)9-13/h5-7,10,13-14H,4,8-9,11,20H2,1-3H3,(H2,21,22,23). The molecule has 1 fully saturated rings. The van der Waals surface area contributed by atoms with Crippen LogP contribution in [0.2, 0.25) is 0 Å². The molecular weight excluding hydrogens is 330 g/mol. The van der Waals surface area contributed by atoms with Gasteiger partial charge >= 0.3 is 0 Å². The van der Waals surface area contributed by atoms with Crippen LogP contribution in [-0.2, 0) is 6.54 Å². The maximum atomic E-state index is 5.93. The lowest BCUT2D eigenvalue weighted by atomic mass is 9.78. The molecule has 7 nitrogen and oxygen atoms in total. The van der Waals surface area contributed by atoms with Crippen LogP contribution in [0.4, 0.5) is 11.8 Å². The number of hydrogen-bond acceptors (Lipinski definition) is 7. The van der Waals surface area contributed by atoms with Crippen molar-refractivity contribution in [3.8, 4) is 11.5 Å². The minimum Gasteiger partial charge on any atom is -0.493 e. The lowest BCUT2D eigenvalue weighted by Gasteiger charge is -2.32. The number of rotatable bonds is 7. The second-order valence-electron chi connectivity index (χ2n) is 6.71. The molecule has 4 N–H and O–H groups in total. The smallest absolute Gasteiger partial charge is 0.222 e. The van der Waals surface area contributed by atoms with E-state index in [0.29, 0.717) is 25.0 Å². The van der Waals surface area contributed by atoms with E-state index < -0.39 is 0 Å². The minimum absolute atomic E-state index is 0.272. The summed E-state index contributed by atoms with van der Waals surface area (Å²) in [7, 11) is 3.63. The average Bonchev–Trinajstić information content (AvgIpc) is 2.59. The van der Waals surface area contributed by atoms with Gasteiger partial charge in [-0.3, -0.25) is 0 Å². The van der Waals surface area contributed by atoms with Crippen molar-refractivity contribution in [3.63, 3.8) is 0 Å². The summed E-state index contributed by atoms with van der Waals surface area (Å²) < 4.78 is 11.0. The van der Waals surface area contributed by atoms with E-state index in [-0.39, 0.29) is 6.04 Å². The van der Waals surface area contributed by atoms with Crippen molar-refractivity contribution in [2.45, 2.75) is 38.3 Å². The van der Waals surface area contributed by atoms with E-state index in [1.165, 1.54) is 0 Å². The van der Waals surface area contributed by atoms with Crippen LogP contribution in [-0.4, -0.2) is 36.8 Å². The quantitative estimate of drug-likeness (QED) is 0.784. The highest BCUT2D eigenvalue weighted by atomic mass is 16.5. The number of aromatic nitrogens is 2. The SMILES string of the molecule is CCOc1cc(CN(C)c2cc(C3CC(N)C3)nc(N)n2)ccc1OC. The molecule has 7 heteroatoms. The molecule has 1 aliphatic carbocycles. The van der Waals surface area contributed by atoms with E-state index in [2.05, 4.69) is 14.9 Å². The molecule has 0 radical (unpaired) electrons. The number of nitrogens with two attached hydrogens (primary N) is 2. The van der Waals surface area contributed by atoms with Gasteiger partial charge in [0.25, 0.3) is 0 Å². The molecule has 0 spiro atoms. The van der Waals surface area contributed by atoms with Crippen molar-refractivity contribution < 1.29 is 9.47 Å². The molecule has 0 aliphatic heterocycles. The van der Waals surface area contributed by atoms with Crippen molar-refractivity contribution in [1.29, 1.82) is 0 Å². The van der Waals surface area contributed by atoms with Crippen LogP contribution in [0.25, 0.3) is 0 Å². The van der Waals surface area contributed by atoms with Crippen molar-refractivity contribution in [2.24, 2.45) is 5.73 Å². The summed E-state index contributed by atoms with van der Waals surface area (Å²) in [6.45, 7) is 3.21. The van der Waals surface area contributed by atoms with Gasteiger partial charge in [0, 0.05) is 31.6 Å². The monoisotopic (exact) mass is 357 g/mol. The highest BCUT2D eigenvalue weighted by molar-refractivity contribution is 5.47. The van der Waals surface area contributed by atoms with Crippen molar-refractivity contribution in [3.05, 3.63) is 35.5 Å². The highest BCUT2D eigenvalue weighted by Gasteiger charge is 2.29. The van der Waals surface area contributed by atoms with E-state index in [1.807, 2.05) is 38.2 Å². The molecule has 0 bridgehead atoms. The molecule has 1 heterocycles. The number of methoxy groups -OCH3 is 1. The molecule has 0 unspecified atom stereocenters. The van der Waals surface area contributed by atoms with Crippen LogP contribution in [0.1, 0.15) is 36.9 Å². The third-order valence-electron chi connectivity index (χ3n) is 4.68. The molecule has 0 atom stereocenters. The van der Waals surface area contributed by atoms with Gasteiger partial charge in [-0.2, -0.15) is 4.98 Å². The van der Waals surface area contributed by atoms with Crippen LogP contribution < -0.4 is 25.8 Å². The first kappa shape index (κ1) is 18.3. The molecular formula is C19H27N5O2. The second kappa shape index (κ2) is 7.78. The average molecular weight is 357 g/mol. The molecule has 1 saturated carbocycles. The Bertz CT molecular complexity index is 762. The van der Waals surface area contributed by atoms with Crippen LogP contribution in [0.3, 0.4) is 0 Å². The van der Waals surface area contributed by atoms with Crippen molar-refractivity contribution >= 4 is 11.8 Å². The van der Waals surface area contributed by atoms with Gasteiger partial charge in [-0.05, 0) is 37.5 Å². The summed E-state index contributed by atoms with van der Waals surface area (Å²) >= 11 is 0. The summed E-state index contributed by atoms with van der Waals surface area (Å²) in [6.07, 6.45) is 1.91. The number of benzene rings is 1. The Morgan fingerprint density at radius 2 is 1.96 bits per heavy atom. The van der Waals surface area contributed by atoms with Gasteiger partial charge in [0.1, 0.15) is 5.82 Å². The summed E-state index contributed by atoms with van der Waals surface area (Å²) in [4.78, 5) is 10.8. The Kier molecular flexibility index (Phi) is 5.46. The molecule has 0 amide bonds. The lowest BCUT2D eigenvalue weighted by molar-refractivity contribution is 0.310. The summed E-state index contributed by atoms with van der Waals surface area (Å²) in [6, 6.07) is 8.22. The van der Waals surface area contributed by atoms with Gasteiger partial charge in [-0.15, -0.1) is 0 Å². The van der Waals surface area contributed by atoms with E-state index in [9.17, 15) is 0 Å². The van der Waals surface area contributed by atoms with Crippen LogP contribution in [0.15, 0.2) is 24.3 Å². The van der Waals surface area contributed by atoms with Crippen LogP contribution in [0, 0.1) is 0 Å². The van der Waals surface area contributed by atoms with E-state index in [0.717, 1.165) is 41.4 Å². The minimum atomic E-state index is 0.272. The molecule has 1 aliphatic rings. The second-order valence-corrected chi connectivity index (χ2v) is 6.71. The Hall–Kier alpha value is -2.54. The lowest BCUT2D eigenvalue weighted by Crippen LogP contribution is -2.35. The predicted octanol–water partition coefficient (Wildman–Crippen LogP) is 2.31. The van der Waals surface area contributed by atoms with Gasteiger partial charge in [0.15, 0.2) is 11.5 Å². The maximum Gasteiger partial charge on any atom is 0.222 e. The zero-order valence-corrected chi connectivity index (χ0v) is 15.6. The molecule has 3 rings (SSSR count). The van der Waals surface area contributed by atoms with Gasteiger partial charge in [0.2, 0.25) is 5.95 Å². The third kappa shape index (κ3) is 3.99. The fraction of sp³-hybridized carbons (Fsp3) is 0.474. The zero-order chi connectivity index (χ0) is 18.7. The van der Waals surface area contributed by atoms with Gasteiger partial charge < -0.3 is 25.8 Å². The number of ether oxygens (including phenoxy) is 2. The van der Waals surface area contributed by atoms with Gasteiger partial charge in [-0.1, -0.05) is 6.07 Å². The largest absolute Gasteiger partial charge is 0.493 e. The summed E-state index contributed by atoms with van der Waals surface area (Å²) in [5.41, 5.74) is 13.9. The highest BCUT2D eigenvalue weighted by Crippen LogP contribution is 2.36. The van der Waals surface area contributed by atoms with Crippen molar-refractivity contribution in [1.82, 2.24) is 9.97 Å². The number of anilines is 2. The van der Waals surface area contributed by atoms with E-state index >= 15 is 0 Å². The van der Waals surface area contributed by atoms with E-state index in [1.54, 1.807) is 7.11 Å². The fourth-order valence-electron chi connectivity index (χ4n) is 3.22. The number of hydrogen-bond donors (Lipinski definition) is 2. The molecule has 26 heavy (non-hydrogen) atoms. The molecule has 1 aromatic carbocycles. The number of nitrogen functional groups attached to an aromatic ring is 1.